The first kappa shape index (κ1) is 14.9. The quantitative estimate of drug-likeness (QED) is 0.763. The van der Waals surface area contributed by atoms with Crippen LogP contribution in [0, 0.1) is 5.92 Å². The fraction of sp³-hybridized carbons (Fsp3) is 1.00. The minimum atomic E-state index is 0.224. The summed E-state index contributed by atoms with van der Waals surface area (Å²) in [4.78, 5) is 4.92. The van der Waals surface area contributed by atoms with E-state index >= 15 is 0 Å². The Morgan fingerprint density at radius 2 is 1.88 bits per heavy atom. The van der Waals surface area contributed by atoms with E-state index < -0.39 is 0 Å². The van der Waals surface area contributed by atoms with Crippen LogP contribution in [-0.2, 0) is 0 Å². The third kappa shape index (κ3) is 5.84. The maximum atomic E-state index is 3.37. The van der Waals surface area contributed by atoms with Crippen molar-refractivity contribution in [2.45, 2.75) is 38.6 Å². The summed E-state index contributed by atoms with van der Waals surface area (Å²) in [5.41, 5.74) is 0.224. The van der Waals surface area contributed by atoms with Gasteiger partial charge >= 0.3 is 0 Å². The molecule has 102 valence electrons. The number of piperidine rings is 1. The minimum Gasteiger partial charge on any atom is -0.314 e. The first-order valence-corrected chi connectivity index (χ1v) is 6.99. The lowest BCUT2D eigenvalue weighted by Gasteiger charge is -2.33. The van der Waals surface area contributed by atoms with E-state index in [0.29, 0.717) is 0 Å². The molecule has 1 rings (SSSR count). The van der Waals surface area contributed by atoms with E-state index in [1.54, 1.807) is 0 Å². The largest absolute Gasteiger partial charge is 0.314 e. The number of rotatable bonds is 6. The van der Waals surface area contributed by atoms with Gasteiger partial charge in [0.05, 0.1) is 0 Å². The Hall–Kier alpha value is -0.120. The molecular weight excluding hydrogens is 210 g/mol. The van der Waals surface area contributed by atoms with Crippen LogP contribution < -0.4 is 5.32 Å². The Balaban J connectivity index is 2.17. The first-order valence-electron chi connectivity index (χ1n) is 6.99. The monoisotopic (exact) mass is 241 g/mol. The molecule has 0 saturated carbocycles. The summed E-state index contributed by atoms with van der Waals surface area (Å²) in [6.07, 6.45) is 4.14. The lowest BCUT2D eigenvalue weighted by atomic mass is 9.93. The third-order valence-electron chi connectivity index (χ3n) is 4.10. The summed E-state index contributed by atoms with van der Waals surface area (Å²) in [5, 5.41) is 3.37. The van der Waals surface area contributed by atoms with E-state index in [0.717, 1.165) is 12.5 Å². The molecule has 1 saturated heterocycles. The molecule has 0 amide bonds. The molecule has 0 aromatic heterocycles. The third-order valence-corrected chi connectivity index (χ3v) is 4.10. The SMILES string of the molecule is CNC(C)(C)CN(C)CCC1CCN(C)CC1. The van der Waals surface area contributed by atoms with Gasteiger partial charge in [-0.3, -0.25) is 0 Å². The zero-order valence-corrected chi connectivity index (χ0v) is 12.4. The number of likely N-dealkylation sites (N-methyl/N-ethyl adjacent to an activating group) is 2. The number of hydrogen-bond donors (Lipinski definition) is 1. The van der Waals surface area contributed by atoms with Crippen LogP contribution in [0.25, 0.3) is 0 Å². The van der Waals surface area contributed by atoms with E-state index in [2.05, 4.69) is 43.1 Å². The summed E-state index contributed by atoms with van der Waals surface area (Å²) in [7, 11) is 6.52. The van der Waals surface area contributed by atoms with Crippen molar-refractivity contribution in [2.24, 2.45) is 5.92 Å². The molecule has 0 aliphatic carbocycles. The number of hydrogen-bond acceptors (Lipinski definition) is 3. The van der Waals surface area contributed by atoms with Gasteiger partial charge in [-0.25, -0.2) is 0 Å². The van der Waals surface area contributed by atoms with Gasteiger partial charge < -0.3 is 15.1 Å². The highest BCUT2D eigenvalue weighted by Crippen LogP contribution is 2.19. The Morgan fingerprint density at radius 3 is 2.41 bits per heavy atom. The molecule has 1 heterocycles. The average molecular weight is 241 g/mol. The second kappa shape index (κ2) is 6.72. The minimum absolute atomic E-state index is 0.224. The van der Waals surface area contributed by atoms with Crippen molar-refractivity contribution in [2.75, 3.05) is 47.3 Å². The van der Waals surface area contributed by atoms with E-state index in [9.17, 15) is 0 Å². The van der Waals surface area contributed by atoms with Crippen molar-refractivity contribution >= 4 is 0 Å². The van der Waals surface area contributed by atoms with Crippen LogP contribution in [-0.4, -0.2) is 62.7 Å². The Morgan fingerprint density at radius 1 is 1.29 bits per heavy atom. The number of nitrogens with one attached hydrogen (secondary N) is 1. The Bertz CT molecular complexity index is 208. The highest BCUT2D eigenvalue weighted by molar-refractivity contribution is 4.79. The lowest BCUT2D eigenvalue weighted by molar-refractivity contribution is 0.183. The molecular formula is C14H31N3. The molecule has 0 aromatic rings. The van der Waals surface area contributed by atoms with Crippen molar-refractivity contribution in [3.8, 4) is 0 Å². The van der Waals surface area contributed by atoms with Gasteiger partial charge in [-0.15, -0.1) is 0 Å². The maximum absolute atomic E-state index is 3.37. The van der Waals surface area contributed by atoms with Gasteiger partial charge in [-0.1, -0.05) is 0 Å². The molecule has 1 aliphatic heterocycles. The summed E-state index contributed by atoms with van der Waals surface area (Å²) in [5.74, 6) is 0.950. The molecule has 3 heteroatoms. The topological polar surface area (TPSA) is 18.5 Å². The van der Waals surface area contributed by atoms with Crippen LogP contribution in [0.5, 0.6) is 0 Å². The predicted octanol–water partition coefficient (Wildman–Crippen LogP) is 1.65. The predicted molar refractivity (Wildman–Crippen MR) is 75.5 cm³/mol. The highest BCUT2D eigenvalue weighted by atomic mass is 15.1. The standard InChI is InChI=1S/C14H31N3/c1-14(2,15-3)12-17(5)11-8-13-6-9-16(4)10-7-13/h13,15H,6-12H2,1-5H3. The van der Waals surface area contributed by atoms with Gasteiger partial charge in [-0.2, -0.15) is 0 Å². The molecule has 0 spiro atoms. The second-order valence-electron chi connectivity index (χ2n) is 6.41. The van der Waals surface area contributed by atoms with E-state index in [-0.39, 0.29) is 5.54 Å². The molecule has 0 unspecified atom stereocenters. The molecule has 0 aromatic carbocycles. The Labute approximate surface area is 108 Å². The van der Waals surface area contributed by atoms with Crippen molar-refractivity contribution in [3.05, 3.63) is 0 Å². The summed E-state index contributed by atoms with van der Waals surface area (Å²) in [6.45, 7) is 9.46. The van der Waals surface area contributed by atoms with Gasteiger partial charge in [0.15, 0.2) is 0 Å². The number of nitrogens with zero attached hydrogens (tertiary/aromatic N) is 2. The summed E-state index contributed by atoms with van der Waals surface area (Å²) < 4.78 is 0. The zero-order chi connectivity index (χ0) is 12.9. The number of likely N-dealkylation sites (tertiary alicyclic amines) is 1. The smallest absolute Gasteiger partial charge is 0.0249 e. The Kier molecular flexibility index (Phi) is 5.90. The lowest BCUT2D eigenvalue weighted by Crippen LogP contribution is -2.46. The van der Waals surface area contributed by atoms with Crippen LogP contribution in [0.4, 0.5) is 0 Å². The van der Waals surface area contributed by atoms with Crippen molar-refractivity contribution in [3.63, 3.8) is 0 Å². The fourth-order valence-corrected chi connectivity index (χ4v) is 2.59. The molecule has 0 atom stereocenters. The average Bonchev–Trinajstić information content (AvgIpc) is 2.28. The molecule has 3 nitrogen and oxygen atoms in total. The molecule has 0 radical (unpaired) electrons. The molecule has 1 N–H and O–H groups in total. The second-order valence-corrected chi connectivity index (χ2v) is 6.41. The maximum Gasteiger partial charge on any atom is 0.0249 e. The van der Waals surface area contributed by atoms with Crippen molar-refractivity contribution in [1.82, 2.24) is 15.1 Å². The van der Waals surface area contributed by atoms with Gasteiger partial charge in [0.1, 0.15) is 0 Å². The summed E-state index contributed by atoms with van der Waals surface area (Å²) >= 11 is 0. The zero-order valence-electron chi connectivity index (χ0n) is 12.4. The van der Waals surface area contributed by atoms with Crippen LogP contribution in [0.1, 0.15) is 33.1 Å². The van der Waals surface area contributed by atoms with Gasteiger partial charge in [0.25, 0.3) is 0 Å². The van der Waals surface area contributed by atoms with Crippen LogP contribution >= 0.6 is 0 Å². The van der Waals surface area contributed by atoms with Crippen LogP contribution in [0.15, 0.2) is 0 Å². The summed E-state index contributed by atoms with van der Waals surface area (Å²) in [6, 6.07) is 0. The molecule has 0 bridgehead atoms. The fourth-order valence-electron chi connectivity index (χ4n) is 2.59. The van der Waals surface area contributed by atoms with Gasteiger partial charge in [-0.05, 0) is 79.8 Å². The normalized spacial score (nSPS) is 20.1. The van der Waals surface area contributed by atoms with Crippen molar-refractivity contribution in [1.29, 1.82) is 0 Å². The first-order chi connectivity index (χ1) is 7.93. The van der Waals surface area contributed by atoms with Crippen molar-refractivity contribution < 1.29 is 0 Å². The van der Waals surface area contributed by atoms with Crippen LogP contribution in [0.2, 0.25) is 0 Å². The van der Waals surface area contributed by atoms with Gasteiger partial charge in [0.2, 0.25) is 0 Å². The molecule has 17 heavy (non-hydrogen) atoms. The van der Waals surface area contributed by atoms with E-state index in [1.807, 2.05) is 7.05 Å². The van der Waals surface area contributed by atoms with Gasteiger partial charge in [0, 0.05) is 12.1 Å². The highest BCUT2D eigenvalue weighted by Gasteiger charge is 2.20. The van der Waals surface area contributed by atoms with E-state index in [1.165, 1.54) is 38.9 Å². The molecule has 1 aliphatic rings. The van der Waals surface area contributed by atoms with E-state index in [4.69, 9.17) is 0 Å². The molecule has 1 fully saturated rings. The van der Waals surface area contributed by atoms with Crippen LogP contribution in [0.3, 0.4) is 0 Å².